The third-order valence-electron chi connectivity index (χ3n) is 1.93. The third-order valence-corrected chi connectivity index (χ3v) is 2.42. The second kappa shape index (κ2) is 6.82. The minimum Gasteiger partial charge on any atom is -0.494 e. The van der Waals surface area contributed by atoms with E-state index in [1.807, 2.05) is 25.1 Å². The van der Waals surface area contributed by atoms with Gasteiger partial charge in [0.25, 0.3) is 0 Å². The Kier molecular flexibility index (Phi) is 5.68. The Morgan fingerprint density at radius 2 is 2.27 bits per heavy atom. The maximum absolute atomic E-state index is 8.67. The molecule has 0 bridgehead atoms. The molecular weight excluding hydrogens is 258 g/mol. The normalized spacial score (nSPS) is 10.3. The fourth-order valence-electron chi connectivity index (χ4n) is 1.28. The standard InChI is InChI=1S/C11H16BrNO2/c1-2-15-11-4-3-10(12)7-9(11)8-13-5-6-14/h3-4,7,13-14H,2,5-6,8H2,1H3. The summed E-state index contributed by atoms with van der Waals surface area (Å²) in [7, 11) is 0. The van der Waals surface area contributed by atoms with Crippen molar-refractivity contribution < 1.29 is 9.84 Å². The van der Waals surface area contributed by atoms with Gasteiger partial charge in [-0.2, -0.15) is 0 Å². The van der Waals surface area contributed by atoms with E-state index in [9.17, 15) is 0 Å². The topological polar surface area (TPSA) is 41.5 Å². The van der Waals surface area contributed by atoms with E-state index in [4.69, 9.17) is 9.84 Å². The summed E-state index contributed by atoms with van der Waals surface area (Å²) in [6, 6.07) is 5.93. The number of hydrogen-bond acceptors (Lipinski definition) is 3. The van der Waals surface area contributed by atoms with Crippen LogP contribution in [0.1, 0.15) is 12.5 Å². The van der Waals surface area contributed by atoms with E-state index in [1.165, 1.54) is 0 Å². The number of hydrogen-bond donors (Lipinski definition) is 2. The molecule has 84 valence electrons. The average molecular weight is 274 g/mol. The summed E-state index contributed by atoms with van der Waals surface area (Å²) in [4.78, 5) is 0. The number of aliphatic hydroxyl groups excluding tert-OH is 1. The Morgan fingerprint density at radius 1 is 1.47 bits per heavy atom. The van der Waals surface area contributed by atoms with Gasteiger partial charge in [-0.25, -0.2) is 0 Å². The van der Waals surface area contributed by atoms with Crippen molar-refractivity contribution in [3.8, 4) is 5.75 Å². The summed E-state index contributed by atoms with van der Waals surface area (Å²) >= 11 is 3.42. The fraction of sp³-hybridized carbons (Fsp3) is 0.455. The van der Waals surface area contributed by atoms with Gasteiger partial charge in [0.2, 0.25) is 0 Å². The minimum atomic E-state index is 0.151. The first-order chi connectivity index (χ1) is 7.27. The quantitative estimate of drug-likeness (QED) is 0.779. The van der Waals surface area contributed by atoms with E-state index >= 15 is 0 Å². The molecule has 1 aromatic carbocycles. The molecule has 0 fully saturated rings. The minimum absolute atomic E-state index is 0.151. The SMILES string of the molecule is CCOc1ccc(Br)cc1CNCCO. The first-order valence-electron chi connectivity index (χ1n) is 5.00. The molecule has 3 nitrogen and oxygen atoms in total. The van der Waals surface area contributed by atoms with Gasteiger partial charge < -0.3 is 15.2 Å². The number of rotatable bonds is 6. The fourth-order valence-corrected chi connectivity index (χ4v) is 1.69. The third kappa shape index (κ3) is 4.20. The molecule has 0 heterocycles. The van der Waals surface area contributed by atoms with Crippen LogP contribution in [-0.2, 0) is 6.54 Å². The van der Waals surface area contributed by atoms with Crippen LogP contribution in [0, 0.1) is 0 Å². The lowest BCUT2D eigenvalue weighted by atomic mass is 10.2. The van der Waals surface area contributed by atoms with Crippen LogP contribution >= 0.6 is 15.9 Å². The van der Waals surface area contributed by atoms with Gasteiger partial charge in [0.05, 0.1) is 13.2 Å². The van der Waals surface area contributed by atoms with Gasteiger partial charge in [0, 0.05) is 23.1 Å². The second-order valence-corrected chi connectivity index (χ2v) is 4.00. The first kappa shape index (κ1) is 12.5. The molecule has 0 atom stereocenters. The highest BCUT2D eigenvalue weighted by molar-refractivity contribution is 9.10. The molecule has 1 rings (SSSR count). The number of nitrogens with one attached hydrogen (secondary N) is 1. The maximum atomic E-state index is 8.67. The Bertz CT molecular complexity index is 305. The van der Waals surface area contributed by atoms with Crippen LogP contribution in [0.4, 0.5) is 0 Å². The highest BCUT2D eigenvalue weighted by atomic mass is 79.9. The van der Waals surface area contributed by atoms with Gasteiger partial charge >= 0.3 is 0 Å². The lowest BCUT2D eigenvalue weighted by molar-refractivity contribution is 0.290. The summed E-state index contributed by atoms with van der Waals surface area (Å²) < 4.78 is 6.53. The molecule has 0 amide bonds. The Labute approximate surface area is 98.6 Å². The molecule has 0 unspecified atom stereocenters. The van der Waals surface area contributed by atoms with Crippen LogP contribution in [0.15, 0.2) is 22.7 Å². The predicted molar refractivity (Wildman–Crippen MR) is 64.1 cm³/mol. The summed E-state index contributed by atoms with van der Waals surface area (Å²) in [5.41, 5.74) is 1.10. The van der Waals surface area contributed by atoms with Crippen LogP contribution in [0.2, 0.25) is 0 Å². The van der Waals surface area contributed by atoms with Crippen LogP contribution in [0.25, 0.3) is 0 Å². The van der Waals surface area contributed by atoms with Gasteiger partial charge in [-0.05, 0) is 25.1 Å². The molecule has 0 aliphatic carbocycles. The lowest BCUT2D eigenvalue weighted by Gasteiger charge is -2.11. The van der Waals surface area contributed by atoms with Crippen molar-refractivity contribution in [1.29, 1.82) is 0 Å². The van der Waals surface area contributed by atoms with Crippen molar-refractivity contribution in [3.63, 3.8) is 0 Å². The Hall–Kier alpha value is -0.580. The molecule has 0 aliphatic rings. The summed E-state index contributed by atoms with van der Waals surface area (Å²) in [6.45, 7) is 4.08. The van der Waals surface area contributed by atoms with Crippen LogP contribution in [0.5, 0.6) is 5.75 Å². The van der Waals surface area contributed by atoms with Crippen LogP contribution in [-0.4, -0.2) is 24.9 Å². The summed E-state index contributed by atoms with van der Waals surface area (Å²) in [5, 5.41) is 11.8. The zero-order valence-corrected chi connectivity index (χ0v) is 10.4. The number of benzene rings is 1. The monoisotopic (exact) mass is 273 g/mol. The van der Waals surface area contributed by atoms with Crippen LogP contribution in [0.3, 0.4) is 0 Å². The zero-order valence-electron chi connectivity index (χ0n) is 8.79. The molecule has 4 heteroatoms. The molecule has 0 aromatic heterocycles. The van der Waals surface area contributed by atoms with E-state index in [0.29, 0.717) is 19.7 Å². The van der Waals surface area contributed by atoms with E-state index in [0.717, 1.165) is 15.8 Å². The number of ether oxygens (including phenoxy) is 1. The van der Waals surface area contributed by atoms with E-state index in [2.05, 4.69) is 21.2 Å². The Morgan fingerprint density at radius 3 is 2.93 bits per heavy atom. The van der Waals surface area contributed by atoms with Gasteiger partial charge in [-0.3, -0.25) is 0 Å². The molecule has 0 saturated heterocycles. The van der Waals surface area contributed by atoms with Crippen molar-refractivity contribution in [3.05, 3.63) is 28.2 Å². The van der Waals surface area contributed by atoms with Crippen LogP contribution < -0.4 is 10.1 Å². The summed E-state index contributed by atoms with van der Waals surface area (Å²) in [5.74, 6) is 0.895. The highest BCUT2D eigenvalue weighted by Gasteiger charge is 2.03. The van der Waals surface area contributed by atoms with Crippen molar-refractivity contribution in [2.45, 2.75) is 13.5 Å². The first-order valence-corrected chi connectivity index (χ1v) is 5.80. The van der Waals surface area contributed by atoms with Gasteiger partial charge in [0.1, 0.15) is 5.75 Å². The molecule has 0 spiro atoms. The van der Waals surface area contributed by atoms with E-state index < -0.39 is 0 Å². The van der Waals surface area contributed by atoms with Crippen molar-refractivity contribution in [2.75, 3.05) is 19.8 Å². The van der Waals surface area contributed by atoms with E-state index in [1.54, 1.807) is 0 Å². The molecule has 0 radical (unpaired) electrons. The lowest BCUT2D eigenvalue weighted by Crippen LogP contribution is -2.18. The molecule has 1 aromatic rings. The molecular formula is C11H16BrNO2. The average Bonchev–Trinajstić information content (AvgIpc) is 2.22. The molecule has 0 saturated carbocycles. The van der Waals surface area contributed by atoms with Crippen molar-refractivity contribution in [1.82, 2.24) is 5.32 Å². The predicted octanol–water partition coefficient (Wildman–Crippen LogP) is 1.93. The van der Waals surface area contributed by atoms with Crippen molar-refractivity contribution in [2.24, 2.45) is 0 Å². The largest absolute Gasteiger partial charge is 0.494 e. The Balaban J connectivity index is 2.68. The van der Waals surface area contributed by atoms with Gasteiger partial charge in [-0.15, -0.1) is 0 Å². The smallest absolute Gasteiger partial charge is 0.123 e. The molecule has 2 N–H and O–H groups in total. The summed E-state index contributed by atoms with van der Waals surface area (Å²) in [6.07, 6.45) is 0. The highest BCUT2D eigenvalue weighted by Crippen LogP contribution is 2.23. The van der Waals surface area contributed by atoms with E-state index in [-0.39, 0.29) is 6.61 Å². The zero-order chi connectivity index (χ0) is 11.1. The molecule has 0 aliphatic heterocycles. The number of halogens is 1. The maximum Gasteiger partial charge on any atom is 0.123 e. The van der Waals surface area contributed by atoms with Gasteiger partial charge in [-0.1, -0.05) is 15.9 Å². The van der Waals surface area contributed by atoms with Gasteiger partial charge in [0.15, 0.2) is 0 Å². The molecule has 15 heavy (non-hydrogen) atoms. The number of aliphatic hydroxyl groups is 1. The second-order valence-electron chi connectivity index (χ2n) is 3.09. The van der Waals surface area contributed by atoms with Crippen molar-refractivity contribution >= 4 is 15.9 Å².